The molecule has 2 N–H and O–H groups in total. The molecule has 1 saturated carbocycles. The van der Waals surface area contributed by atoms with Crippen LogP contribution in [0.5, 0.6) is 0 Å². The molecule has 3 nitrogen and oxygen atoms in total. The Kier molecular flexibility index (Phi) is 15.9. The van der Waals surface area contributed by atoms with Gasteiger partial charge in [-0.2, -0.15) is 0 Å². The fourth-order valence-corrected chi connectivity index (χ4v) is 4.14. The molecule has 0 saturated heterocycles. The third-order valence-corrected chi connectivity index (χ3v) is 6.16. The van der Waals surface area contributed by atoms with E-state index in [0.717, 1.165) is 63.2 Å². The molecule has 0 radical (unpaired) electrons. The molecule has 0 unspecified atom stereocenters. The van der Waals surface area contributed by atoms with Crippen molar-refractivity contribution in [3.05, 3.63) is 35.4 Å². The van der Waals surface area contributed by atoms with E-state index >= 15 is 0 Å². The standard InChI is InChI=1S/C20H34N2OS.2C2H6/c1-4-16-22(5-2)24-21-15-12-18-6-8-19(9-7-18)20(23)13-10-17(3)11-14-20;2*1-2/h6-9,17,21,23H,4-5,10-16H2,1-3H3;2*1-2H3. The molecular formula is C24H46N2OS. The highest BCUT2D eigenvalue weighted by Crippen LogP contribution is 2.39. The van der Waals surface area contributed by atoms with Crippen molar-refractivity contribution in [2.24, 2.45) is 5.92 Å². The smallest absolute Gasteiger partial charge is 0.0896 e. The normalized spacial score (nSPS) is 21.4. The van der Waals surface area contributed by atoms with Crippen LogP contribution in [-0.4, -0.2) is 29.0 Å². The summed E-state index contributed by atoms with van der Waals surface area (Å²) in [5, 5.41) is 10.9. The summed E-state index contributed by atoms with van der Waals surface area (Å²) >= 11 is 1.73. The molecule has 0 aliphatic heterocycles. The SMILES string of the molecule is CC.CC.CCCN(CC)SNCCc1ccc(C2(O)CCC(C)CC2)cc1. The molecule has 1 aliphatic rings. The lowest BCUT2D eigenvalue weighted by Gasteiger charge is -2.35. The van der Waals surface area contributed by atoms with E-state index in [1.165, 1.54) is 12.0 Å². The zero-order valence-electron chi connectivity index (χ0n) is 19.6. The van der Waals surface area contributed by atoms with Crippen molar-refractivity contribution < 1.29 is 5.11 Å². The highest BCUT2D eigenvalue weighted by atomic mass is 32.2. The molecule has 28 heavy (non-hydrogen) atoms. The first-order valence-corrected chi connectivity index (χ1v) is 12.3. The Morgan fingerprint density at radius 3 is 2.14 bits per heavy atom. The van der Waals surface area contributed by atoms with Gasteiger partial charge in [-0.05, 0) is 55.6 Å². The lowest BCUT2D eigenvalue weighted by molar-refractivity contribution is -0.0120. The van der Waals surface area contributed by atoms with Crippen LogP contribution < -0.4 is 4.72 Å². The summed E-state index contributed by atoms with van der Waals surface area (Å²) in [6.45, 7) is 17.9. The lowest BCUT2D eigenvalue weighted by atomic mass is 9.76. The molecular weight excluding hydrogens is 364 g/mol. The number of benzene rings is 1. The van der Waals surface area contributed by atoms with Gasteiger partial charge in [0.1, 0.15) is 0 Å². The first-order chi connectivity index (χ1) is 13.6. The largest absolute Gasteiger partial charge is 0.385 e. The minimum Gasteiger partial charge on any atom is -0.385 e. The van der Waals surface area contributed by atoms with Crippen molar-refractivity contribution in [1.82, 2.24) is 9.03 Å². The molecule has 4 heteroatoms. The maximum absolute atomic E-state index is 10.9. The zero-order valence-corrected chi connectivity index (χ0v) is 20.4. The molecule has 0 heterocycles. The Morgan fingerprint density at radius 1 is 1.07 bits per heavy atom. The van der Waals surface area contributed by atoms with Crippen LogP contribution in [-0.2, 0) is 12.0 Å². The lowest BCUT2D eigenvalue weighted by Crippen LogP contribution is -2.30. The number of rotatable bonds is 9. The molecule has 164 valence electrons. The summed E-state index contributed by atoms with van der Waals surface area (Å²) in [7, 11) is 0. The van der Waals surface area contributed by atoms with Crippen molar-refractivity contribution in [1.29, 1.82) is 0 Å². The van der Waals surface area contributed by atoms with Crippen LogP contribution in [0.25, 0.3) is 0 Å². The predicted octanol–water partition coefficient (Wildman–Crippen LogP) is 6.56. The van der Waals surface area contributed by atoms with E-state index in [1.807, 2.05) is 27.7 Å². The van der Waals surface area contributed by atoms with Crippen LogP contribution in [0.15, 0.2) is 24.3 Å². The molecule has 0 aromatic heterocycles. The van der Waals surface area contributed by atoms with Crippen LogP contribution in [0.2, 0.25) is 0 Å². The molecule has 1 aromatic rings. The van der Waals surface area contributed by atoms with Crippen molar-refractivity contribution in [3.63, 3.8) is 0 Å². The number of nitrogens with zero attached hydrogens (tertiary/aromatic N) is 1. The van der Waals surface area contributed by atoms with Gasteiger partial charge in [-0.3, -0.25) is 4.72 Å². The van der Waals surface area contributed by atoms with Crippen LogP contribution >= 0.6 is 12.1 Å². The van der Waals surface area contributed by atoms with E-state index in [9.17, 15) is 5.11 Å². The second kappa shape index (κ2) is 16.3. The minimum atomic E-state index is -0.596. The quantitative estimate of drug-likeness (QED) is 0.357. The summed E-state index contributed by atoms with van der Waals surface area (Å²) < 4.78 is 5.80. The molecule has 1 fully saturated rings. The molecule has 1 aliphatic carbocycles. The summed E-state index contributed by atoms with van der Waals surface area (Å²) in [5.74, 6) is 0.753. The van der Waals surface area contributed by atoms with E-state index in [1.54, 1.807) is 12.1 Å². The average Bonchev–Trinajstić information content (AvgIpc) is 2.76. The van der Waals surface area contributed by atoms with Gasteiger partial charge < -0.3 is 5.11 Å². The van der Waals surface area contributed by atoms with Gasteiger partial charge in [0.15, 0.2) is 0 Å². The first-order valence-electron chi connectivity index (χ1n) is 11.5. The Balaban J connectivity index is 0.00000171. The van der Waals surface area contributed by atoms with Gasteiger partial charge in [-0.1, -0.05) is 72.7 Å². The summed E-state index contributed by atoms with van der Waals surface area (Å²) in [5.41, 5.74) is 1.83. The summed E-state index contributed by atoms with van der Waals surface area (Å²) in [6, 6.07) is 8.63. The van der Waals surface area contributed by atoms with E-state index in [-0.39, 0.29) is 0 Å². The van der Waals surface area contributed by atoms with Gasteiger partial charge >= 0.3 is 0 Å². The maximum Gasteiger partial charge on any atom is 0.0896 e. The Bertz CT molecular complexity index is 470. The predicted molar refractivity (Wildman–Crippen MR) is 128 cm³/mol. The molecule has 0 bridgehead atoms. The van der Waals surface area contributed by atoms with Crippen molar-refractivity contribution in [3.8, 4) is 0 Å². The molecule has 0 atom stereocenters. The van der Waals surface area contributed by atoms with Crippen molar-refractivity contribution >= 4 is 12.1 Å². The fraction of sp³-hybridized carbons (Fsp3) is 0.750. The van der Waals surface area contributed by atoms with Crippen molar-refractivity contribution in [2.45, 2.75) is 92.6 Å². The van der Waals surface area contributed by atoms with Gasteiger partial charge in [-0.25, -0.2) is 4.31 Å². The van der Waals surface area contributed by atoms with E-state index in [0.29, 0.717) is 0 Å². The molecule has 0 spiro atoms. The second-order valence-corrected chi connectivity index (χ2v) is 8.16. The van der Waals surface area contributed by atoms with E-state index in [2.05, 4.69) is 54.1 Å². The van der Waals surface area contributed by atoms with Crippen LogP contribution in [0.1, 0.15) is 91.7 Å². The minimum absolute atomic E-state index is 0.596. The third-order valence-electron chi connectivity index (χ3n) is 5.13. The Morgan fingerprint density at radius 2 is 1.64 bits per heavy atom. The van der Waals surface area contributed by atoms with E-state index in [4.69, 9.17) is 0 Å². The summed E-state index contributed by atoms with van der Waals surface area (Å²) in [6.07, 6.45) is 6.26. The molecule has 1 aromatic carbocycles. The van der Waals surface area contributed by atoms with Gasteiger partial charge in [0.05, 0.1) is 5.60 Å². The van der Waals surface area contributed by atoms with Gasteiger partial charge in [0.25, 0.3) is 0 Å². The highest BCUT2D eigenvalue weighted by molar-refractivity contribution is 7.95. The molecule has 2 rings (SSSR count). The number of aliphatic hydroxyl groups is 1. The fourth-order valence-electron chi connectivity index (χ4n) is 3.36. The van der Waals surface area contributed by atoms with Crippen LogP contribution in [0, 0.1) is 5.92 Å². The summed E-state index contributed by atoms with van der Waals surface area (Å²) in [4.78, 5) is 0. The Hall–Kier alpha value is -0.550. The second-order valence-electron chi connectivity index (χ2n) is 7.17. The van der Waals surface area contributed by atoms with Crippen LogP contribution in [0.4, 0.5) is 0 Å². The maximum atomic E-state index is 10.9. The Labute approximate surface area is 180 Å². The van der Waals surface area contributed by atoms with Gasteiger partial charge in [0.2, 0.25) is 0 Å². The monoisotopic (exact) mass is 410 g/mol. The number of nitrogens with one attached hydrogen (secondary N) is 1. The van der Waals surface area contributed by atoms with Gasteiger partial charge in [-0.15, -0.1) is 0 Å². The molecule has 0 amide bonds. The topological polar surface area (TPSA) is 35.5 Å². The van der Waals surface area contributed by atoms with Crippen molar-refractivity contribution in [2.75, 3.05) is 19.6 Å². The van der Waals surface area contributed by atoms with Crippen LogP contribution in [0.3, 0.4) is 0 Å². The first kappa shape index (κ1) is 27.5. The number of hydrogen-bond donors (Lipinski definition) is 2. The average molecular weight is 411 g/mol. The zero-order chi connectivity index (χ0) is 21.4. The van der Waals surface area contributed by atoms with E-state index < -0.39 is 5.60 Å². The highest BCUT2D eigenvalue weighted by Gasteiger charge is 2.33. The number of hydrogen-bond acceptors (Lipinski definition) is 4. The van der Waals surface area contributed by atoms with Gasteiger partial charge in [0, 0.05) is 31.8 Å². The third kappa shape index (κ3) is 9.78.